The van der Waals surface area contributed by atoms with E-state index in [0.717, 1.165) is 50.0 Å². The molecule has 0 radical (unpaired) electrons. The Morgan fingerprint density at radius 3 is 1.76 bits per heavy atom. The molecule has 13 aromatic rings. The second-order valence-electron chi connectivity index (χ2n) is 17.9. The van der Waals surface area contributed by atoms with Crippen LogP contribution in [-0.2, 0) is 5.41 Å². The van der Waals surface area contributed by atoms with Gasteiger partial charge in [0, 0.05) is 38.0 Å². The van der Waals surface area contributed by atoms with Crippen LogP contribution in [0.25, 0.3) is 86.3 Å². The Kier molecular flexibility index (Phi) is 8.71. The Labute approximate surface area is 398 Å². The number of fused-ring (bicyclic) bond motifs is 10. The van der Waals surface area contributed by atoms with Crippen LogP contribution >= 0.6 is 11.3 Å². The van der Waals surface area contributed by atoms with Gasteiger partial charge < -0.3 is 9.32 Å². The maximum atomic E-state index is 7.14. The lowest BCUT2D eigenvalue weighted by Gasteiger charge is -2.34. The predicted molar refractivity (Wildman–Crippen MR) is 287 cm³/mol. The van der Waals surface area contributed by atoms with Crippen LogP contribution in [0.4, 0.5) is 17.1 Å². The van der Waals surface area contributed by atoms with Gasteiger partial charge in [0.1, 0.15) is 11.2 Å². The molecular weight excluding hydrogens is 843 g/mol. The summed E-state index contributed by atoms with van der Waals surface area (Å²) in [5.74, 6) is 0. The number of thiophene rings is 1. The molecular formula is C65H41NOS. The highest BCUT2D eigenvalue weighted by Gasteiger charge is 2.47. The fraction of sp³-hybridized carbons (Fsp3) is 0.0154. The van der Waals surface area contributed by atoms with E-state index in [1.54, 1.807) is 0 Å². The van der Waals surface area contributed by atoms with E-state index in [1.165, 1.54) is 75.6 Å². The molecule has 0 N–H and O–H groups in total. The molecule has 318 valence electrons. The van der Waals surface area contributed by atoms with Crippen LogP contribution in [0.2, 0.25) is 0 Å². The van der Waals surface area contributed by atoms with Crippen molar-refractivity contribution >= 4 is 81.3 Å². The maximum Gasteiger partial charge on any atom is 0.138 e. The molecule has 2 heterocycles. The summed E-state index contributed by atoms with van der Waals surface area (Å²) in [5.41, 5.74) is 16.6. The first-order chi connectivity index (χ1) is 33.7. The largest absolute Gasteiger partial charge is 0.456 e. The van der Waals surface area contributed by atoms with Gasteiger partial charge in [-0.3, -0.25) is 0 Å². The van der Waals surface area contributed by atoms with Crippen molar-refractivity contribution in [3.05, 3.63) is 271 Å². The smallest absolute Gasteiger partial charge is 0.138 e. The molecule has 68 heavy (non-hydrogen) atoms. The van der Waals surface area contributed by atoms with Crippen molar-refractivity contribution < 1.29 is 4.42 Å². The van der Waals surface area contributed by atoms with Crippen molar-refractivity contribution in [1.82, 2.24) is 0 Å². The average molecular weight is 884 g/mol. The van der Waals surface area contributed by atoms with Crippen molar-refractivity contribution in [1.29, 1.82) is 0 Å². The molecule has 0 saturated heterocycles. The fourth-order valence-electron chi connectivity index (χ4n) is 11.4. The summed E-state index contributed by atoms with van der Waals surface area (Å²) in [6, 6.07) is 91.3. The molecule has 1 aliphatic carbocycles. The first-order valence-electron chi connectivity index (χ1n) is 23.3. The minimum absolute atomic E-state index is 0.542. The quantitative estimate of drug-likeness (QED) is 0.159. The first-order valence-corrected chi connectivity index (χ1v) is 24.1. The molecule has 0 bridgehead atoms. The van der Waals surface area contributed by atoms with Crippen molar-refractivity contribution in [2.45, 2.75) is 5.41 Å². The minimum atomic E-state index is -0.542. The lowest BCUT2D eigenvalue weighted by atomic mass is 9.67. The summed E-state index contributed by atoms with van der Waals surface area (Å²) in [6.07, 6.45) is 0. The van der Waals surface area contributed by atoms with Gasteiger partial charge >= 0.3 is 0 Å². The zero-order valence-electron chi connectivity index (χ0n) is 36.9. The molecule has 0 unspecified atom stereocenters. The fourth-order valence-corrected chi connectivity index (χ4v) is 12.6. The molecule has 0 fully saturated rings. The first kappa shape index (κ1) is 38.7. The van der Waals surface area contributed by atoms with Gasteiger partial charge in [-0.2, -0.15) is 0 Å². The van der Waals surface area contributed by atoms with E-state index < -0.39 is 5.41 Å². The second-order valence-corrected chi connectivity index (χ2v) is 19.0. The van der Waals surface area contributed by atoms with Crippen LogP contribution in [0.3, 0.4) is 0 Å². The van der Waals surface area contributed by atoms with E-state index >= 15 is 0 Å². The summed E-state index contributed by atoms with van der Waals surface area (Å²) >= 11 is 1.85. The lowest BCUT2D eigenvalue weighted by Crippen LogP contribution is -2.28. The van der Waals surface area contributed by atoms with Crippen LogP contribution in [0.15, 0.2) is 253 Å². The van der Waals surface area contributed by atoms with E-state index in [4.69, 9.17) is 4.42 Å². The Balaban J connectivity index is 1.09. The third-order valence-corrected chi connectivity index (χ3v) is 15.5. The van der Waals surface area contributed by atoms with Crippen molar-refractivity contribution in [3.63, 3.8) is 0 Å². The molecule has 1 aliphatic rings. The van der Waals surface area contributed by atoms with Crippen LogP contribution in [0, 0.1) is 0 Å². The summed E-state index contributed by atoms with van der Waals surface area (Å²) in [7, 11) is 0. The summed E-state index contributed by atoms with van der Waals surface area (Å²) in [4.78, 5) is 2.45. The van der Waals surface area contributed by atoms with Crippen LogP contribution in [0.5, 0.6) is 0 Å². The molecule has 14 rings (SSSR count). The van der Waals surface area contributed by atoms with Gasteiger partial charge in [0.05, 0.1) is 21.5 Å². The zero-order chi connectivity index (χ0) is 44.8. The zero-order valence-corrected chi connectivity index (χ0v) is 37.8. The Bertz CT molecular complexity index is 4040. The lowest BCUT2D eigenvalue weighted by molar-refractivity contribution is 0.669. The van der Waals surface area contributed by atoms with Gasteiger partial charge in [0.2, 0.25) is 0 Å². The molecule has 2 nitrogen and oxygen atoms in total. The van der Waals surface area contributed by atoms with Crippen molar-refractivity contribution in [2.75, 3.05) is 4.90 Å². The van der Waals surface area contributed by atoms with Crippen LogP contribution in [0.1, 0.15) is 22.3 Å². The second kappa shape index (κ2) is 15.3. The number of anilines is 3. The van der Waals surface area contributed by atoms with Crippen LogP contribution in [-0.4, -0.2) is 0 Å². The highest BCUT2D eigenvalue weighted by molar-refractivity contribution is 7.26. The molecule has 11 aromatic carbocycles. The Morgan fingerprint density at radius 1 is 0.382 bits per heavy atom. The Morgan fingerprint density at radius 2 is 0.985 bits per heavy atom. The third-order valence-electron chi connectivity index (χ3n) is 14.3. The SMILES string of the molecule is c1ccc(-c2ccc(N(c3cc(-c4cccc5c4-c4ccccc4C5(c4ccccc4)c4ccccc4)c4c(c3)oc3cc5ccccc5cc34)c3cccc4c3sc3ccccc34)cc2)cc1. The predicted octanol–water partition coefficient (Wildman–Crippen LogP) is 18.3. The van der Waals surface area contributed by atoms with Gasteiger partial charge in [-0.15, -0.1) is 11.3 Å². The third kappa shape index (κ3) is 5.76. The summed E-state index contributed by atoms with van der Waals surface area (Å²) in [5, 5.41) is 7.07. The number of rotatable bonds is 7. The number of furan rings is 1. The van der Waals surface area contributed by atoms with Gasteiger partial charge in [-0.05, 0) is 109 Å². The topological polar surface area (TPSA) is 16.4 Å². The Hall–Kier alpha value is -8.50. The molecule has 0 aliphatic heterocycles. The van der Waals surface area contributed by atoms with E-state index in [1.807, 2.05) is 11.3 Å². The molecule has 0 spiro atoms. The highest BCUT2D eigenvalue weighted by atomic mass is 32.1. The molecule has 3 heteroatoms. The molecule has 0 amide bonds. The van der Waals surface area contributed by atoms with E-state index in [9.17, 15) is 0 Å². The highest BCUT2D eigenvalue weighted by Crippen LogP contribution is 2.59. The van der Waals surface area contributed by atoms with E-state index in [-0.39, 0.29) is 0 Å². The maximum absolute atomic E-state index is 7.14. The van der Waals surface area contributed by atoms with Gasteiger partial charge in [0.15, 0.2) is 0 Å². The summed E-state index contributed by atoms with van der Waals surface area (Å²) < 4.78 is 9.65. The monoisotopic (exact) mass is 883 g/mol. The van der Waals surface area contributed by atoms with Crippen LogP contribution < -0.4 is 4.90 Å². The molecule has 2 aromatic heterocycles. The van der Waals surface area contributed by atoms with Gasteiger partial charge in [-0.1, -0.05) is 200 Å². The average Bonchev–Trinajstić information content (AvgIpc) is 4.07. The standard InChI is InChI=1S/C65H41NOS/c1-4-18-42(19-5-1)43-34-36-48(37-35-43)66(58-32-17-29-52-50-26-13-15-33-61(50)68-64(52)58)49-40-54(63-55-38-44-20-10-11-21-45(44)39-59(55)67-60(63)41-49)51-28-16-31-57-62(51)53-27-12-14-30-56(53)65(57,46-22-6-2-7-23-46)47-24-8-3-9-25-47/h1-41H. The number of nitrogens with zero attached hydrogens (tertiary/aromatic N) is 1. The normalized spacial score (nSPS) is 12.8. The van der Waals surface area contributed by atoms with Gasteiger partial charge in [-0.25, -0.2) is 0 Å². The van der Waals surface area contributed by atoms with Crippen molar-refractivity contribution in [2.24, 2.45) is 0 Å². The number of benzene rings is 11. The van der Waals surface area contributed by atoms with Gasteiger partial charge in [0.25, 0.3) is 0 Å². The molecule has 0 saturated carbocycles. The van der Waals surface area contributed by atoms with E-state index in [2.05, 4.69) is 254 Å². The number of hydrogen-bond acceptors (Lipinski definition) is 3. The van der Waals surface area contributed by atoms with E-state index in [0.29, 0.717) is 0 Å². The minimum Gasteiger partial charge on any atom is -0.456 e. The van der Waals surface area contributed by atoms with Crippen molar-refractivity contribution in [3.8, 4) is 33.4 Å². The molecule has 0 atom stereocenters. The number of hydrogen-bond donors (Lipinski definition) is 0. The summed E-state index contributed by atoms with van der Waals surface area (Å²) in [6.45, 7) is 0.